The number of halogens is 3. The molecule has 0 bridgehead atoms. The van der Waals surface area contributed by atoms with Gasteiger partial charge in [0.25, 0.3) is 0 Å². The Kier molecular flexibility index (Phi) is 4.90. The van der Waals surface area contributed by atoms with Crippen LogP contribution in [0.2, 0.25) is 0 Å². The fraction of sp³-hybridized carbons (Fsp3) is 0.500. The number of ether oxygens (including phenoxy) is 1. The van der Waals surface area contributed by atoms with Gasteiger partial charge in [-0.1, -0.05) is 0 Å². The van der Waals surface area contributed by atoms with Crippen molar-refractivity contribution in [1.82, 2.24) is 9.97 Å². The number of carbonyl (C=O) groups excluding carboxylic acids is 1. The predicted octanol–water partition coefficient (Wildman–Crippen LogP) is 1.44. The number of nitrogens with zero attached hydrogens (tertiary/aromatic N) is 2. The van der Waals surface area contributed by atoms with Crippen molar-refractivity contribution >= 4 is 17.6 Å². The lowest BCUT2D eigenvalue weighted by molar-refractivity contribution is -0.145. The minimum Gasteiger partial charge on any atom is -0.466 e. The fourth-order valence-corrected chi connectivity index (χ4v) is 1.21. The maximum absolute atomic E-state index is 12.4. The monoisotopic (exact) mass is 278 g/mol. The molecular weight excluding hydrogens is 265 g/mol. The van der Waals surface area contributed by atoms with Crippen molar-refractivity contribution in [3.8, 4) is 0 Å². The molecule has 0 spiro atoms. The van der Waals surface area contributed by atoms with Gasteiger partial charge in [0.05, 0.1) is 13.0 Å². The van der Waals surface area contributed by atoms with E-state index in [-0.39, 0.29) is 31.2 Å². The number of alkyl halides is 3. The minimum absolute atomic E-state index is 0.0130. The Labute approximate surface area is 107 Å². The first-order chi connectivity index (χ1) is 8.82. The van der Waals surface area contributed by atoms with E-state index in [2.05, 4.69) is 20.0 Å². The first-order valence-corrected chi connectivity index (χ1v) is 5.44. The number of nitrogens with one attached hydrogen (secondary N) is 1. The summed E-state index contributed by atoms with van der Waals surface area (Å²) >= 11 is 0. The fourth-order valence-electron chi connectivity index (χ4n) is 1.21. The van der Waals surface area contributed by atoms with Gasteiger partial charge in [0.2, 0.25) is 5.82 Å². The summed E-state index contributed by atoms with van der Waals surface area (Å²) in [5.41, 5.74) is 5.25. The lowest BCUT2D eigenvalue weighted by Gasteiger charge is -2.09. The van der Waals surface area contributed by atoms with Gasteiger partial charge in [0.1, 0.15) is 11.6 Å². The standard InChI is InChI=1S/C10H13F3N4O2/c1-2-19-8(18)3-4-15-7-5-6(14)16-9(17-7)10(11,12)13/h5H,2-4H2,1H3,(H3,14,15,16,17). The first-order valence-electron chi connectivity index (χ1n) is 5.44. The lowest BCUT2D eigenvalue weighted by Crippen LogP contribution is -2.16. The molecule has 0 atom stereocenters. The van der Waals surface area contributed by atoms with Gasteiger partial charge in [0, 0.05) is 12.6 Å². The molecule has 0 radical (unpaired) electrons. The number of nitrogens with two attached hydrogens (primary N) is 1. The van der Waals surface area contributed by atoms with Crippen molar-refractivity contribution in [2.75, 3.05) is 24.2 Å². The van der Waals surface area contributed by atoms with Gasteiger partial charge < -0.3 is 15.8 Å². The van der Waals surface area contributed by atoms with E-state index in [9.17, 15) is 18.0 Å². The Morgan fingerprint density at radius 3 is 2.74 bits per heavy atom. The summed E-state index contributed by atoms with van der Waals surface area (Å²) in [6, 6.07) is 1.15. The van der Waals surface area contributed by atoms with Gasteiger partial charge in [-0.05, 0) is 6.92 Å². The van der Waals surface area contributed by atoms with Crippen LogP contribution in [-0.4, -0.2) is 29.1 Å². The largest absolute Gasteiger partial charge is 0.466 e. The normalized spacial score (nSPS) is 11.2. The SMILES string of the molecule is CCOC(=O)CCNc1cc(N)nc(C(F)(F)F)n1. The summed E-state index contributed by atoms with van der Waals surface area (Å²) in [5, 5.41) is 2.56. The number of carbonyl (C=O) groups is 1. The van der Waals surface area contributed by atoms with Crippen LogP contribution in [0.25, 0.3) is 0 Å². The number of rotatable bonds is 5. The molecule has 0 aliphatic rings. The van der Waals surface area contributed by atoms with Crippen molar-refractivity contribution in [3.63, 3.8) is 0 Å². The molecule has 1 rings (SSSR count). The van der Waals surface area contributed by atoms with Crippen LogP contribution < -0.4 is 11.1 Å². The van der Waals surface area contributed by atoms with Gasteiger partial charge in [-0.15, -0.1) is 0 Å². The van der Waals surface area contributed by atoms with Crippen molar-refractivity contribution in [2.45, 2.75) is 19.5 Å². The molecule has 1 aromatic rings. The van der Waals surface area contributed by atoms with E-state index in [1.54, 1.807) is 6.92 Å². The second-order valence-corrected chi connectivity index (χ2v) is 3.48. The molecule has 0 saturated heterocycles. The first kappa shape index (κ1) is 15.0. The smallest absolute Gasteiger partial charge is 0.451 e. The highest BCUT2D eigenvalue weighted by molar-refractivity contribution is 5.70. The zero-order chi connectivity index (χ0) is 14.5. The van der Waals surface area contributed by atoms with Gasteiger partial charge in [-0.3, -0.25) is 4.79 Å². The van der Waals surface area contributed by atoms with Gasteiger partial charge in [0.15, 0.2) is 0 Å². The molecule has 106 valence electrons. The van der Waals surface area contributed by atoms with E-state index in [1.165, 1.54) is 0 Å². The molecule has 1 heterocycles. The van der Waals surface area contributed by atoms with Gasteiger partial charge in [-0.2, -0.15) is 13.2 Å². The molecule has 0 unspecified atom stereocenters. The number of nitrogen functional groups attached to an aromatic ring is 1. The zero-order valence-corrected chi connectivity index (χ0v) is 10.1. The molecule has 1 aromatic heterocycles. The van der Waals surface area contributed by atoms with E-state index in [0.29, 0.717) is 0 Å². The molecule has 6 nitrogen and oxygen atoms in total. The Morgan fingerprint density at radius 2 is 2.16 bits per heavy atom. The van der Waals surface area contributed by atoms with E-state index >= 15 is 0 Å². The quantitative estimate of drug-likeness (QED) is 0.792. The van der Waals surface area contributed by atoms with Crippen LogP contribution in [0.3, 0.4) is 0 Å². The molecule has 0 aliphatic heterocycles. The van der Waals surface area contributed by atoms with Gasteiger partial charge >= 0.3 is 12.1 Å². The highest BCUT2D eigenvalue weighted by Gasteiger charge is 2.35. The zero-order valence-electron chi connectivity index (χ0n) is 10.1. The Bertz CT molecular complexity index is 451. The molecule has 0 aliphatic carbocycles. The summed E-state index contributed by atoms with van der Waals surface area (Å²) in [6.07, 6.45) is -4.66. The highest BCUT2D eigenvalue weighted by atomic mass is 19.4. The number of anilines is 2. The molecular formula is C10H13F3N4O2. The van der Waals surface area contributed by atoms with Crippen molar-refractivity contribution in [3.05, 3.63) is 11.9 Å². The maximum atomic E-state index is 12.4. The van der Waals surface area contributed by atoms with Crippen molar-refractivity contribution in [1.29, 1.82) is 0 Å². The summed E-state index contributed by atoms with van der Waals surface area (Å²) in [5.74, 6) is -2.18. The Morgan fingerprint density at radius 1 is 1.47 bits per heavy atom. The van der Waals surface area contributed by atoms with Crippen molar-refractivity contribution in [2.24, 2.45) is 0 Å². The minimum atomic E-state index is -4.67. The van der Waals surface area contributed by atoms with Crippen LogP contribution in [0.5, 0.6) is 0 Å². The van der Waals surface area contributed by atoms with E-state index in [1.807, 2.05) is 0 Å². The van der Waals surface area contributed by atoms with Crippen LogP contribution in [-0.2, 0) is 15.7 Å². The number of hydrogen-bond donors (Lipinski definition) is 2. The third-order valence-electron chi connectivity index (χ3n) is 1.94. The number of esters is 1. The maximum Gasteiger partial charge on any atom is 0.451 e. The van der Waals surface area contributed by atoms with E-state index in [0.717, 1.165) is 6.07 Å². The average Bonchev–Trinajstić information content (AvgIpc) is 2.27. The molecule has 0 amide bonds. The van der Waals surface area contributed by atoms with Gasteiger partial charge in [-0.25, -0.2) is 9.97 Å². The summed E-state index contributed by atoms with van der Waals surface area (Å²) in [7, 11) is 0. The third-order valence-corrected chi connectivity index (χ3v) is 1.94. The Hall–Kier alpha value is -2.06. The summed E-state index contributed by atoms with van der Waals surface area (Å²) < 4.78 is 41.9. The van der Waals surface area contributed by atoms with Crippen LogP contribution in [0.1, 0.15) is 19.2 Å². The van der Waals surface area contributed by atoms with Crippen LogP contribution in [0.4, 0.5) is 24.8 Å². The highest BCUT2D eigenvalue weighted by Crippen LogP contribution is 2.27. The van der Waals surface area contributed by atoms with Crippen LogP contribution >= 0.6 is 0 Å². The lowest BCUT2D eigenvalue weighted by atomic mass is 10.4. The molecule has 19 heavy (non-hydrogen) atoms. The second kappa shape index (κ2) is 6.21. The van der Waals surface area contributed by atoms with Crippen molar-refractivity contribution < 1.29 is 22.7 Å². The number of hydrogen-bond acceptors (Lipinski definition) is 6. The van der Waals surface area contributed by atoms with Crippen LogP contribution in [0, 0.1) is 0 Å². The van der Waals surface area contributed by atoms with E-state index < -0.39 is 18.0 Å². The second-order valence-electron chi connectivity index (χ2n) is 3.48. The molecule has 9 heteroatoms. The molecule has 0 saturated carbocycles. The summed E-state index contributed by atoms with van der Waals surface area (Å²) in [6.45, 7) is 2.00. The summed E-state index contributed by atoms with van der Waals surface area (Å²) in [4.78, 5) is 17.4. The predicted molar refractivity (Wildman–Crippen MR) is 61.2 cm³/mol. The number of aromatic nitrogens is 2. The molecule has 0 fully saturated rings. The Balaban J connectivity index is 2.64. The van der Waals surface area contributed by atoms with Crippen LogP contribution in [0.15, 0.2) is 6.07 Å². The third kappa shape index (κ3) is 4.98. The topological polar surface area (TPSA) is 90.1 Å². The molecule has 0 aromatic carbocycles. The van der Waals surface area contributed by atoms with E-state index in [4.69, 9.17) is 5.73 Å². The molecule has 3 N–H and O–H groups in total. The average molecular weight is 278 g/mol.